The van der Waals surface area contributed by atoms with Gasteiger partial charge in [-0.05, 0) is 37.3 Å². The van der Waals surface area contributed by atoms with E-state index in [0.29, 0.717) is 22.8 Å². The van der Waals surface area contributed by atoms with Gasteiger partial charge in [0, 0.05) is 22.8 Å². The SMILES string of the molecule is BrC1CCC2NNC(c3ccc[nH]3)C2C1. The minimum Gasteiger partial charge on any atom is -0.364 e. The summed E-state index contributed by atoms with van der Waals surface area (Å²) in [5, 5.41) is 0. The van der Waals surface area contributed by atoms with Gasteiger partial charge in [0.25, 0.3) is 0 Å². The van der Waals surface area contributed by atoms with Crippen LogP contribution in [0.4, 0.5) is 0 Å². The van der Waals surface area contributed by atoms with Gasteiger partial charge in [-0.25, -0.2) is 5.43 Å². The lowest BCUT2D eigenvalue weighted by molar-refractivity contribution is 0.314. The molecule has 1 aromatic heterocycles. The predicted octanol–water partition coefficient (Wildman–Crippen LogP) is 2.10. The van der Waals surface area contributed by atoms with Crippen LogP contribution in [0.5, 0.6) is 0 Å². The number of fused-ring (bicyclic) bond motifs is 1. The molecule has 4 heteroatoms. The molecule has 2 heterocycles. The van der Waals surface area contributed by atoms with Crippen molar-refractivity contribution in [2.75, 3.05) is 0 Å². The minimum absolute atomic E-state index is 0.449. The summed E-state index contributed by atoms with van der Waals surface area (Å²) in [6.07, 6.45) is 5.81. The van der Waals surface area contributed by atoms with E-state index in [1.165, 1.54) is 25.0 Å². The fourth-order valence-electron chi connectivity index (χ4n) is 2.85. The van der Waals surface area contributed by atoms with Crippen LogP contribution in [0, 0.1) is 5.92 Å². The Kier molecular flexibility index (Phi) is 2.58. The van der Waals surface area contributed by atoms with E-state index in [2.05, 4.69) is 43.9 Å². The zero-order valence-electron chi connectivity index (χ0n) is 8.54. The number of rotatable bonds is 1. The van der Waals surface area contributed by atoms with Crippen molar-refractivity contribution in [1.29, 1.82) is 0 Å². The Morgan fingerprint density at radius 3 is 3.00 bits per heavy atom. The molecule has 0 bridgehead atoms. The number of aromatic nitrogens is 1. The van der Waals surface area contributed by atoms with Crippen LogP contribution >= 0.6 is 15.9 Å². The minimum atomic E-state index is 0.449. The zero-order chi connectivity index (χ0) is 10.3. The number of aromatic amines is 1. The fourth-order valence-corrected chi connectivity index (χ4v) is 3.55. The van der Waals surface area contributed by atoms with E-state index in [1.54, 1.807) is 0 Å². The molecular formula is C11H16BrN3. The average molecular weight is 270 g/mol. The van der Waals surface area contributed by atoms with Crippen LogP contribution in [0.25, 0.3) is 0 Å². The highest BCUT2D eigenvalue weighted by atomic mass is 79.9. The normalized spacial score (nSPS) is 40.3. The van der Waals surface area contributed by atoms with Crippen LogP contribution < -0.4 is 10.9 Å². The highest BCUT2D eigenvalue weighted by molar-refractivity contribution is 9.09. The van der Waals surface area contributed by atoms with Gasteiger partial charge in [-0.1, -0.05) is 15.9 Å². The maximum Gasteiger partial charge on any atom is 0.0656 e. The number of hydrogen-bond acceptors (Lipinski definition) is 2. The molecule has 0 amide bonds. The topological polar surface area (TPSA) is 39.8 Å². The number of H-pyrrole nitrogens is 1. The molecule has 1 aliphatic heterocycles. The van der Waals surface area contributed by atoms with Gasteiger partial charge in [0.05, 0.1) is 6.04 Å². The summed E-state index contributed by atoms with van der Waals surface area (Å²) in [4.78, 5) is 4.00. The fraction of sp³-hybridized carbons (Fsp3) is 0.636. The van der Waals surface area contributed by atoms with Crippen molar-refractivity contribution in [3.63, 3.8) is 0 Å². The third-order valence-corrected chi connectivity index (χ3v) is 4.48. The van der Waals surface area contributed by atoms with Crippen LogP contribution in [0.2, 0.25) is 0 Å². The zero-order valence-corrected chi connectivity index (χ0v) is 10.1. The Labute approximate surface area is 98.1 Å². The smallest absolute Gasteiger partial charge is 0.0656 e. The van der Waals surface area contributed by atoms with E-state index in [4.69, 9.17) is 0 Å². The second kappa shape index (κ2) is 3.92. The molecule has 3 nitrogen and oxygen atoms in total. The van der Waals surface area contributed by atoms with Gasteiger partial charge in [0.2, 0.25) is 0 Å². The van der Waals surface area contributed by atoms with Crippen LogP contribution in [0.3, 0.4) is 0 Å². The highest BCUT2D eigenvalue weighted by Crippen LogP contribution is 2.39. The van der Waals surface area contributed by atoms with Gasteiger partial charge in [-0.15, -0.1) is 0 Å². The van der Waals surface area contributed by atoms with Crippen LogP contribution in [-0.4, -0.2) is 15.9 Å². The summed E-state index contributed by atoms with van der Waals surface area (Å²) in [5.41, 5.74) is 8.15. The molecule has 3 N–H and O–H groups in total. The lowest BCUT2D eigenvalue weighted by Crippen LogP contribution is -2.35. The molecule has 2 aliphatic rings. The Balaban J connectivity index is 1.81. The summed E-state index contributed by atoms with van der Waals surface area (Å²) in [7, 11) is 0. The van der Waals surface area contributed by atoms with Gasteiger partial charge >= 0.3 is 0 Å². The molecule has 0 spiro atoms. The Morgan fingerprint density at radius 2 is 2.20 bits per heavy atom. The van der Waals surface area contributed by atoms with Crippen molar-refractivity contribution < 1.29 is 0 Å². The number of hydrogen-bond donors (Lipinski definition) is 3. The van der Waals surface area contributed by atoms with E-state index in [9.17, 15) is 0 Å². The second-order valence-corrected chi connectivity index (χ2v) is 5.87. The monoisotopic (exact) mass is 269 g/mol. The molecular weight excluding hydrogens is 254 g/mol. The van der Waals surface area contributed by atoms with Gasteiger partial charge < -0.3 is 4.98 Å². The number of halogens is 1. The van der Waals surface area contributed by atoms with Gasteiger partial charge in [0.1, 0.15) is 0 Å². The molecule has 2 fully saturated rings. The predicted molar refractivity (Wildman–Crippen MR) is 63.6 cm³/mol. The molecule has 1 aromatic rings. The Morgan fingerprint density at radius 1 is 1.27 bits per heavy atom. The van der Waals surface area contributed by atoms with E-state index in [0.717, 1.165) is 0 Å². The van der Waals surface area contributed by atoms with E-state index in [-0.39, 0.29) is 0 Å². The summed E-state index contributed by atoms with van der Waals surface area (Å²) >= 11 is 3.75. The quantitative estimate of drug-likeness (QED) is 0.684. The summed E-state index contributed by atoms with van der Waals surface area (Å²) in [6, 6.07) is 5.33. The molecule has 15 heavy (non-hydrogen) atoms. The standard InChI is InChI=1S/C11H16BrN3/c12-7-3-4-9-8(6-7)11(15-14-9)10-2-1-5-13-10/h1-2,5,7-9,11,13-15H,3-4,6H2. The van der Waals surface area contributed by atoms with Crippen molar-refractivity contribution in [3.05, 3.63) is 24.0 Å². The molecule has 0 aromatic carbocycles. The van der Waals surface area contributed by atoms with Gasteiger partial charge in [0.15, 0.2) is 0 Å². The molecule has 4 atom stereocenters. The first-order chi connectivity index (χ1) is 7.34. The third kappa shape index (κ3) is 1.75. The maximum atomic E-state index is 3.75. The van der Waals surface area contributed by atoms with Gasteiger partial charge in [-0.2, -0.15) is 0 Å². The summed E-state index contributed by atoms with van der Waals surface area (Å²) in [6.45, 7) is 0. The Bertz CT molecular complexity index is 325. The maximum absolute atomic E-state index is 3.75. The van der Waals surface area contributed by atoms with E-state index < -0.39 is 0 Å². The molecule has 0 radical (unpaired) electrons. The summed E-state index contributed by atoms with van der Waals surface area (Å²) < 4.78 is 0. The largest absolute Gasteiger partial charge is 0.364 e. The molecule has 1 saturated heterocycles. The molecule has 1 saturated carbocycles. The van der Waals surface area contributed by atoms with Crippen molar-refractivity contribution >= 4 is 15.9 Å². The van der Waals surface area contributed by atoms with Crippen molar-refractivity contribution in [2.24, 2.45) is 5.92 Å². The van der Waals surface area contributed by atoms with Crippen molar-refractivity contribution in [3.8, 4) is 0 Å². The molecule has 3 rings (SSSR count). The van der Waals surface area contributed by atoms with Crippen molar-refractivity contribution in [1.82, 2.24) is 15.8 Å². The lowest BCUT2D eigenvalue weighted by Gasteiger charge is -2.30. The van der Waals surface area contributed by atoms with E-state index in [1.807, 2.05) is 6.20 Å². The third-order valence-electron chi connectivity index (χ3n) is 3.65. The first-order valence-electron chi connectivity index (χ1n) is 5.63. The Hall–Kier alpha value is -0.320. The van der Waals surface area contributed by atoms with Gasteiger partial charge in [-0.3, -0.25) is 5.43 Å². The lowest BCUT2D eigenvalue weighted by atomic mass is 9.81. The second-order valence-electron chi connectivity index (χ2n) is 4.57. The van der Waals surface area contributed by atoms with Crippen LogP contribution in [-0.2, 0) is 0 Å². The van der Waals surface area contributed by atoms with E-state index >= 15 is 0 Å². The number of alkyl halides is 1. The summed E-state index contributed by atoms with van der Waals surface area (Å²) in [5.74, 6) is 0.710. The van der Waals surface area contributed by atoms with Crippen molar-refractivity contribution in [2.45, 2.75) is 36.2 Å². The highest BCUT2D eigenvalue weighted by Gasteiger charge is 2.40. The molecule has 1 aliphatic carbocycles. The number of hydrazine groups is 1. The average Bonchev–Trinajstić information content (AvgIpc) is 2.83. The first-order valence-corrected chi connectivity index (χ1v) is 6.54. The number of nitrogens with one attached hydrogen (secondary N) is 3. The van der Waals surface area contributed by atoms with Crippen LogP contribution in [0.15, 0.2) is 18.3 Å². The molecule has 4 unspecified atom stereocenters. The first kappa shape index (κ1) is 9.87. The van der Waals surface area contributed by atoms with Crippen LogP contribution in [0.1, 0.15) is 31.0 Å². The molecule has 82 valence electrons.